The first-order valence-corrected chi connectivity index (χ1v) is 12.0. The molecule has 0 bridgehead atoms. The minimum absolute atomic E-state index is 0.0159. The quantitative estimate of drug-likeness (QED) is 0.605. The fourth-order valence-electron chi connectivity index (χ4n) is 4.55. The van der Waals surface area contributed by atoms with E-state index in [1.165, 1.54) is 4.31 Å². The molecule has 2 atom stereocenters. The van der Waals surface area contributed by atoms with E-state index in [0.717, 1.165) is 38.4 Å². The molecule has 2 unspecified atom stereocenters. The van der Waals surface area contributed by atoms with Gasteiger partial charge in [-0.2, -0.15) is 4.31 Å². The summed E-state index contributed by atoms with van der Waals surface area (Å²) in [6, 6.07) is -0.863. The summed E-state index contributed by atoms with van der Waals surface area (Å²) in [5.41, 5.74) is 0. The molecule has 0 aromatic rings. The number of carbonyl (C=O) groups excluding carboxylic acids is 2. The number of amides is 3. The van der Waals surface area contributed by atoms with Crippen LogP contribution in [0.15, 0.2) is 12.7 Å². The maximum Gasteiger partial charge on any atom is 0.319 e. The summed E-state index contributed by atoms with van der Waals surface area (Å²) in [4.78, 5) is 27.8. The molecule has 3 rings (SSSR count). The van der Waals surface area contributed by atoms with E-state index >= 15 is 0 Å². The van der Waals surface area contributed by atoms with Crippen LogP contribution < -0.4 is 5.32 Å². The summed E-state index contributed by atoms with van der Waals surface area (Å²) in [5.74, 6) is -0.351. The van der Waals surface area contributed by atoms with Crippen molar-refractivity contribution in [2.24, 2.45) is 0 Å². The highest BCUT2D eigenvalue weighted by molar-refractivity contribution is 7.89. The lowest BCUT2D eigenvalue weighted by Crippen LogP contribution is -2.52. The van der Waals surface area contributed by atoms with Gasteiger partial charge in [-0.05, 0) is 44.6 Å². The van der Waals surface area contributed by atoms with Crippen molar-refractivity contribution in [1.82, 2.24) is 19.4 Å². The number of nitrogens with zero attached hydrogens (tertiary/aromatic N) is 3. The van der Waals surface area contributed by atoms with E-state index in [0.29, 0.717) is 32.4 Å². The second-order valence-electron chi connectivity index (χ2n) is 8.11. The second-order valence-corrected chi connectivity index (χ2v) is 10.3. The van der Waals surface area contributed by atoms with Gasteiger partial charge in [0.25, 0.3) is 0 Å². The molecule has 0 aromatic heterocycles. The largest absolute Gasteiger partial charge is 0.395 e. The Hall–Kier alpha value is -1.65. The average molecular weight is 429 g/mol. The van der Waals surface area contributed by atoms with Gasteiger partial charge in [-0.3, -0.25) is 4.79 Å². The Labute approximate surface area is 172 Å². The van der Waals surface area contributed by atoms with Gasteiger partial charge in [-0.25, -0.2) is 13.2 Å². The maximum absolute atomic E-state index is 13.2. The minimum atomic E-state index is -3.63. The van der Waals surface area contributed by atoms with E-state index in [9.17, 15) is 23.1 Å². The summed E-state index contributed by atoms with van der Waals surface area (Å²) in [6.45, 7) is 5.68. The molecule has 2 N–H and O–H groups in total. The normalized spacial score (nSPS) is 27.1. The Kier molecular flexibility index (Phi) is 7.18. The Morgan fingerprint density at radius 3 is 2.28 bits per heavy atom. The molecule has 3 aliphatic heterocycles. The van der Waals surface area contributed by atoms with Gasteiger partial charge in [0.15, 0.2) is 0 Å². The van der Waals surface area contributed by atoms with Crippen LogP contribution in [0.4, 0.5) is 4.79 Å². The first-order valence-electron chi connectivity index (χ1n) is 10.4. The van der Waals surface area contributed by atoms with Crippen LogP contribution in [-0.2, 0) is 14.8 Å². The fourth-order valence-corrected chi connectivity index (χ4v) is 6.70. The molecule has 0 aromatic carbocycles. The molecule has 3 amide bonds. The smallest absolute Gasteiger partial charge is 0.319 e. The summed E-state index contributed by atoms with van der Waals surface area (Å²) in [6.07, 6.45) is 5.51. The van der Waals surface area contributed by atoms with E-state index in [1.807, 2.05) is 4.90 Å². The average Bonchev–Trinajstić information content (AvgIpc) is 3.17. The minimum Gasteiger partial charge on any atom is -0.395 e. The molecule has 3 fully saturated rings. The third-order valence-electron chi connectivity index (χ3n) is 6.19. The Morgan fingerprint density at radius 2 is 1.69 bits per heavy atom. The van der Waals surface area contributed by atoms with E-state index in [1.54, 1.807) is 4.90 Å². The van der Waals surface area contributed by atoms with Crippen molar-refractivity contribution in [2.75, 3.05) is 39.3 Å². The number of aliphatic hydroxyl groups is 1. The summed E-state index contributed by atoms with van der Waals surface area (Å²) in [5, 5.41) is 11.8. The van der Waals surface area contributed by atoms with E-state index in [-0.39, 0.29) is 31.1 Å². The fraction of sp³-hybridized carbons (Fsp3) is 0.789. The van der Waals surface area contributed by atoms with Gasteiger partial charge in [0.05, 0.1) is 11.9 Å². The maximum atomic E-state index is 13.2. The SMILES string of the molecule is C=CC(=O)NC1CC(CO)N(S(=O)(=O)C2CCN(C(=O)N3CCCCC3)CC2)C1. The topological polar surface area (TPSA) is 110 Å². The van der Waals surface area contributed by atoms with Crippen LogP contribution in [0, 0.1) is 0 Å². The van der Waals surface area contributed by atoms with Gasteiger partial charge in [-0.1, -0.05) is 6.58 Å². The molecular weight excluding hydrogens is 396 g/mol. The number of piperidine rings is 2. The lowest BCUT2D eigenvalue weighted by Gasteiger charge is -2.38. The number of aliphatic hydroxyl groups excluding tert-OH is 1. The number of sulfonamides is 1. The number of nitrogens with one attached hydrogen (secondary N) is 1. The van der Waals surface area contributed by atoms with Crippen molar-refractivity contribution in [3.8, 4) is 0 Å². The number of rotatable bonds is 5. The second kappa shape index (κ2) is 9.44. The van der Waals surface area contributed by atoms with Crippen molar-refractivity contribution in [2.45, 2.75) is 55.9 Å². The Morgan fingerprint density at radius 1 is 1.07 bits per heavy atom. The summed E-state index contributed by atoms with van der Waals surface area (Å²) >= 11 is 0. The van der Waals surface area contributed by atoms with Crippen LogP contribution >= 0.6 is 0 Å². The van der Waals surface area contributed by atoms with Crippen molar-refractivity contribution in [1.29, 1.82) is 0 Å². The number of hydrogen-bond donors (Lipinski definition) is 2. The molecule has 0 radical (unpaired) electrons. The van der Waals surface area contributed by atoms with Crippen molar-refractivity contribution < 1.29 is 23.1 Å². The van der Waals surface area contributed by atoms with E-state index in [4.69, 9.17) is 0 Å². The van der Waals surface area contributed by atoms with Crippen molar-refractivity contribution in [3.63, 3.8) is 0 Å². The Balaban J connectivity index is 1.59. The predicted molar refractivity (Wildman–Crippen MR) is 109 cm³/mol. The van der Waals surface area contributed by atoms with Crippen molar-refractivity contribution >= 4 is 22.0 Å². The van der Waals surface area contributed by atoms with E-state index in [2.05, 4.69) is 11.9 Å². The number of hydrogen-bond acceptors (Lipinski definition) is 5. The highest BCUT2D eigenvalue weighted by Gasteiger charge is 2.44. The van der Waals surface area contributed by atoms with E-state index < -0.39 is 21.3 Å². The standard InChI is InChI=1S/C19H32N4O5S/c1-2-18(25)20-15-12-16(14-24)23(13-15)29(27,28)17-6-10-22(11-7-17)19(26)21-8-4-3-5-9-21/h2,15-17,24H,1,3-14H2,(H,20,25). The van der Waals surface area contributed by atoms with Gasteiger partial charge < -0.3 is 20.2 Å². The molecule has 0 aliphatic carbocycles. The summed E-state index contributed by atoms with van der Waals surface area (Å²) < 4.78 is 27.7. The van der Waals surface area contributed by atoms with Crippen LogP contribution in [0.25, 0.3) is 0 Å². The van der Waals surface area contributed by atoms with Gasteiger partial charge in [0.1, 0.15) is 0 Å². The van der Waals surface area contributed by atoms with Gasteiger partial charge in [-0.15, -0.1) is 0 Å². The van der Waals surface area contributed by atoms with Gasteiger partial charge >= 0.3 is 6.03 Å². The Bertz CT molecular complexity index is 714. The summed E-state index contributed by atoms with van der Waals surface area (Å²) in [7, 11) is -3.63. The first-order chi connectivity index (χ1) is 13.9. The van der Waals surface area contributed by atoms with Crippen LogP contribution in [0.5, 0.6) is 0 Å². The molecule has 3 saturated heterocycles. The highest BCUT2D eigenvalue weighted by atomic mass is 32.2. The molecule has 0 spiro atoms. The van der Waals surface area contributed by atoms with Crippen LogP contribution in [0.2, 0.25) is 0 Å². The molecule has 29 heavy (non-hydrogen) atoms. The number of carbonyl (C=O) groups is 2. The third kappa shape index (κ3) is 4.92. The molecule has 9 nitrogen and oxygen atoms in total. The predicted octanol–water partition coefficient (Wildman–Crippen LogP) is 0.124. The number of urea groups is 1. The lowest BCUT2D eigenvalue weighted by atomic mass is 10.1. The highest BCUT2D eigenvalue weighted by Crippen LogP contribution is 2.29. The van der Waals surface area contributed by atoms with Crippen molar-refractivity contribution in [3.05, 3.63) is 12.7 Å². The van der Waals surface area contributed by atoms with Crippen LogP contribution in [0.3, 0.4) is 0 Å². The zero-order valence-electron chi connectivity index (χ0n) is 16.8. The van der Waals surface area contributed by atoms with Gasteiger partial charge in [0.2, 0.25) is 15.9 Å². The lowest BCUT2D eigenvalue weighted by molar-refractivity contribution is -0.117. The van der Waals surface area contributed by atoms with Crippen LogP contribution in [-0.4, -0.2) is 96.2 Å². The first kappa shape index (κ1) is 22.0. The molecular formula is C19H32N4O5S. The molecule has 3 aliphatic rings. The molecule has 0 saturated carbocycles. The third-order valence-corrected chi connectivity index (χ3v) is 8.61. The molecule has 164 valence electrons. The zero-order chi connectivity index (χ0) is 21.0. The molecule has 10 heteroatoms. The van der Waals surface area contributed by atoms with Gasteiger partial charge in [0, 0.05) is 44.8 Å². The monoisotopic (exact) mass is 428 g/mol. The number of likely N-dealkylation sites (tertiary alicyclic amines) is 2. The van der Waals surface area contributed by atoms with Crippen LogP contribution in [0.1, 0.15) is 38.5 Å². The zero-order valence-corrected chi connectivity index (χ0v) is 17.6. The molecule has 3 heterocycles.